The number of hydrogen-bond acceptors (Lipinski definition) is 2. The second-order valence-corrected chi connectivity index (χ2v) is 6.90. The number of rotatable bonds is 5. The second kappa shape index (κ2) is 9.00. The molecule has 3 rings (SSSR count). The topological polar surface area (TPSA) is 24.7 Å². The van der Waals surface area contributed by atoms with Gasteiger partial charge in [0.2, 0.25) is 0 Å². The fourth-order valence-corrected chi connectivity index (χ4v) is 2.96. The standard InChI is InChI=1S/C21H15Cl3N2/c22-18-7-1-4-15(10-18)13-25-21(17-6-3-9-20(24)12-17)26-14-16-5-2-8-19(23)11-16/h1-14,21H/b25-13+,26-14+. The van der Waals surface area contributed by atoms with Crippen LogP contribution >= 0.6 is 34.8 Å². The van der Waals surface area contributed by atoms with Crippen LogP contribution in [0.1, 0.15) is 22.9 Å². The Morgan fingerprint density at radius 1 is 0.615 bits per heavy atom. The predicted octanol–water partition coefficient (Wildman–Crippen LogP) is 6.88. The third-order valence-electron chi connectivity index (χ3n) is 3.57. The van der Waals surface area contributed by atoms with E-state index in [0.29, 0.717) is 15.1 Å². The molecule has 0 saturated heterocycles. The second-order valence-electron chi connectivity index (χ2n) is 5.60. The first-order valence-electron chi connectivity index (χ1n) is 7.93. The van der Waals surface area contributed by atoms with Gasteiger partial charge in [-0.3, -0.25) is 9.98 Å². The van der Waals surface area contributed by atoms with Gasteiger partial charge in [-0.15, -0.1) is 0 Å². The maximum atomic E-state index is 6.13. The molecule has 0 amide bonds. The van der Waals surface area contributed by atoms with Crippen molar-refractivity contribution in [1.82, 2.24) is 0 Å². The van der Waals surface area contributed by atoms with Crippen molar-refractivity contribution in [3.05, 3.63) is 105 Å². The number of benzene rings is 3. The Kier molecular flexibility index (Phi) is 6.45. The van der Waals surface area contributed by atoms with Gasteiger partial charge in [0.25, 0.3) is 0 Å². The molecule has 0 radical (unpaired) electrons. The molecular weight excluding hydrogens is 387 g/mol. The molecule has 0 aromatic heterocycles. The monoisotopic (exact) mass is 400 g/mol. The average Bonchev–Trinajstić information content (AvgIpc) is 2.62. The van der Waals surface area contributed by atoms with Gasteiger partial charge in [0.1, 0.15) is 0 Å². The normalized spacial score (nSPS) is 11.7. The molecule has 0 aliphatic carbocycles. The van der Waals surface area contributed by atoms with E-state index in [0.717, 1.165) is 16.7 Å². The maximum absolute atomic E-state index is 6.13. The highest BCUT2D eigenvalue weighted by Crippen LogP contribution is 2.23. The lowest BCUT2D eigenvalue weighted by Crippen LogP contribution is -1.95. The average molecular weight is 402 g/mol. The van der Waals surface area contributed by atoms with E-state index in [1.807, 2.05) is 72.8 Å². The molecule has 0 saturated carbocycles. The van der Waals surface area contributed by atoms with Gasteiger partial charge in [-0.2, -0.15) is 0 Å². The fourth-order valence-electron chi connectivity index (χ4n) is 2.36. The van der Waals surface area contributed by atoms with Gasteiger partial charge in [0.05, 0.1) is 0 Å². The molecule has 0 heterocycles. The van der Waals surface area contributed by atoms with E-state index in [-0.39, 0.29) is 0 Å². The number of halogens is 3. The summed E-state index contributed by atoms with van der Waals surface area (Å²) in [5, 5.41) is 1.97. The molecule has 0 N–H and O–H groups in total. The molecule has 0 spiro atoms. The van der Waals surface area contributed by atoms with Crippen LogP contribution in [0.15, 0.2) is 82.8 Å². The van der Waals surface area contributed by atoms with Crippen molar-refractivity contribution < 1.29 is 0 Å². The Bertz CT molecular complexity index is 896. The molecule has 0 fully saturated rings. The van der Waals surface area contributed by atoms with Gasteiger partial charge in [-0.25, -0.2) is 0 Å². The fraction of sp³-hybridized carbons (Fsp3) is 0.0476. The third kappa shape index (κ3) is 5.43. The van der Waals surface area contributed by atoms with Crippen molar-refractivity contribution in [3.8, 4) is 0 Å². The van der Waals surface area contributed by atoms with Gasteiger partial charge in [-0.1, -0.05) is 71.2 Å². The molecule has 0 bridgehead atoms. The SMILES string of the molecule is Clc1cccc(/C=N/C(/N=C/c2cccc(Cl)c2)c2cccc(Cl)c2)c1. The minimum Gasteiger partial charge on any atom is -0.261 e. The summed E-state index contributed by atoms with van der Waals surface area (Å²) in [6.45, 7) is 0. The molecule has 0 atom stereocenters. The summed E-state index contributed by atoms with van der Waals surface area (Å²) < 4.78 is 0. The van der Waals surface area contributed by atoms with Gasteiger partial charge in [-0.05, 0) is 53.1 Å². The predicted molar refractivity (Wildman–Crippen MR) is 112 cm³/mol. The van der Waals surface area contributed by atoms with Gasteiger partial charge in [0, 0.05) is 27.5 Å². The summed E-state index contributed by atoms with van der Waals surface area (Å²) in [6.07, 6.45) is 3.09. The summed E-state index contributed by atoms with van der Waals surface area (Å²) in [6, 6.07) is 22.5. The number of aliphatic imine (C=N–C) groups is 2. The van der Waals surface area contributed by atoms with Gasteiger partial charge >= 0.3 is 0 Å². The van der Waals surface area contributed by atoms with Crippen LogP contribution in [0.25, 0.3) is 0 Å². The zero-order valence-corrected chi connectivity index (χ0v) is 16.0. The van der Waals surface area contributed by atoms with Crippen LogP contribution in [0, 0.1) is 0 Å². The Hall–Kier alpha value is -2.13. The van der Waals surface area contributed by atoms with Crippen molar-refractivity contribution >= 4 is 47.2 Å². The van der Waals surface area contributed by atoms with Crippen molar-refractivity contribution in [3.63, 3.8) is 0 Å². The molecule has 130 valence electrons. The summed E-state index contributed by atoms with van der Waals surface area (Å²) >= 11 is 18.2. The van der Waals surface area contributed by atoms with Crippen molar-refractivity contribution in [1.29, 1.82) is 0 Å². The van der Waals surface area contributed by atoms with Crippen molar-refractivity contribution in [2.45, 2.75) is 6.17 Å². The minimum atomic E-state index is -0.424. The quantitative estimate of drug-likeness (QED) is 0.416. The van der Waals surface area contributed by atoms with Crippen LogP contribution in [-0.4, -0.2) is 12.4 Å². The zero-order chi connectivity index (χ0) is 18.4. The van der Waals surface area contributed by atoms with Crippen LogP contribution < -0.4 is 0 Å². The Morgan fingerprint density at radius 3 is 1.54 bits per heavy atom. The van der Waals surface area contributed by atoms with E-state index >= 15 is 0 Å². The highest BCUT2D eigenvalue weighted by molar-refractivity contribution is 6.31. The smallest absolute Gasteiger partial charge is 0.165 e. The lowest BCUT2D eigenvalue weighted by molar-refractivity contribution is 0.787. The summed E-state index contributed by atoms with van der Waals surface area (Å²) in [7, 11) is 0. The summed E-state index contributed by atoms with van der Waals surface area (Å²) in [5.41, 5.74) is 2.71. The molecule has 0 aliphatic rings. The molecule has 3 aromatic rings. The van der Waals surface area contributed by atoms with Gasteiger partial charge < -0.3 is 0 Å². The van der Waals surface area contributed by atoms with E-state index in [1.54, 1.807) is 12.4 Å². The van der Waals surface area contributed by atoms with Crippen LogP contribution in [0.3, 0.4) is 0 Å². The van der Waals surface area contributed by atoms with E-state index in [2.05, 4.69) is 9.98 Å². The van der Waals surface area contributed by atoms with E-state index in [1.165, 1.54) is 0 Å². The molecule has 2 nitrogen and oxygen atoms in total. The zero-order valence-electron chi connectivity index (χ0n) is 13.7. The van der Waals surface area contributed by atoms with Crippen LogP contribution in [0.2, 0.25) is 15.1 Å². The summed E-state index contributed by atoms with van der Waals surface area (Å²) in [4.78, 5) is 9.22. The molecular formula is C21H15Cl3N2. The molecule has 0 aliphatic heterocycles. The van der Waals surface area contributed by atoms with Crippen LogP contribution in [0.5, 0.6) is 0 Å². The number of hydrogen-bond donors (Lipinski definition) is 0. The number of nitrogens with zero attached hydrogens (tertiary/aromatic N) is 2. The molecule has 3 aromatic carbocycles. The van der Waals surface area contributed by atoms with Crippen LogP contribution in [0.4, 0.5) is 0 Å². The lowest BCUT2D eigenvalue weighted by atomic mass is 10.1. The maximum Gasteiger partial charge on any atom is 0.165 e. The first kappa shape index (κ1) is 18.7. The van der Waals surface area contributed by atoms with Crippen LogP contribution in [-0.2, 0) is 0 Å². The van der Waals surface area contributed by atoms with E-state index in [4.69, 9.17) is 34.8 Å². The third-order valence-corrected chi connectivity index (χ3v) is 4.28. The van der Waals surface area contributed by atoms with Crippen molar-refractivity contribution in [2.75, 3.05) is 0 Å². The Balaban J connectivity index is 1.91. The summed E-state index contributed by atoms with van der Waals surface area (Å²) in [5.74, 6) is 0. The van der Waals surface area contributed by atoms with Gasteiger partial charge in [0.15, 0.2) is 6.17 Å². The first-order valence-corrected chi connectivity index (χ1v) is 9.06. The first-order chi connectivity index (χ1) is 12.6. The minimum absolute atomic E-state index is 0.424. The Labute approximate surface area is 167 Å². The molecule has 5 heteroatoms. The molecule has 26 heavy (non-hydrogen) atoms. The highest BCUT2D eigenvalue weighted by atomic mass is 35.5. The highest BCUT2D eigenvalue weighted by Gasteiger charge is 2.07. The lowest BCUT2D eigenvalue weighted by Gasteiger charge is -2.09. The molecule has 0 unspecified atom stereocenters. The van der Waals surface area contributed by atoms with E-state index in [9.17, 15) is 0 Å². The largest absolute Gasteiger partial charge is 0.261 e. The Morgan fingerprint density at radius 2 is 1.08 bits per heavy atom. The van der Waals surface area contributed by atoms with Crippen molar-refractivity contribution in [2.24, 2.45) is 9.98 Å². The van der Waals surface area contributed by atoms with E-state index < -0.39 is 6.17 Å².